The number of imidazole rings is 1. The Bertz CT molecular complexity index is 1420. The molecule has 0 aliphatic heterocycles. The quantitative estimate of drug-likeness (QED) is 0.187. The highest BCUT2D eigenvalue weighted by Crippen LogP contribution is 2.26. The maximum Gasteiger partial charge on any atom is 0.175 e. The highest BCUT2D eigenvalue weighted by molar-refractivity contribution is 7.99. The van der Waals surface area contributed by atoms with Gasteiger partial charge in [-0.1, -0.05) is 54.2 Å². The number of Topliss-reactive ketones (excluding diaryl/α,β-unsaturated/α-hetero) is 1. The predicted molar refractivity (Wildman–Crippen MR) is 137 cm³/mol. The van der Waals surface area contributed by atoms with Gasteiger partial charge in [0.15, 0.2) is 10.9 Å². The van der Waals surface area contributed by atoms with E-state index in [4.69, 9.17) is 9.40 Å². The summed E-state index contributed by atoms with van der Waals surface area (Å²) < 4.78 is 9.87. The summed E-state index contributed by atoms with van der Waals surface area (Å²) in [5.74, 6) is 1.34. The molecule has 0 unspecified atom stereocenters. The number of hydrogen-bond donors (Lipinski definition) is 0. The van der Waals surface area contributed by atoms with Gasteiger partial charge in [-0.3, -0.25) is 4.79 Å². The van der Waals surface area contributed by atoms with Crippen LogP contribution in [0.5, 0.6) is 0 Å². The van der Waals surface area contributed by atoms with Crippen LogP contribution >= 0.6 is 11.8 Å². The third kappa shape index (κ3) is 4.59. The second-order valence-electron chi connectivity index (χ2n) is 8.43. The SMILES string of the molecule is Cc1cc(C(=O)CSc2nc3ccccc3n2CCc2ccccc2)c(C)n1Cc1ccco1. The minimum atomic E-state index is 0.116. The number of para-hydroxylation sites is 2. The van der Waals surface area contributed by atoms with E-state index in [0.29, 0.717) is 12.3 Å². The number of thioether (sulfide) groups is 1. The normalized spacial score (nSPS) is 11.4. The minimum absolute atomic E-state index is 0.116. The Morgan fingerprint density at radius 1 is 0.971 bits per heavy atom. The van der Waals surface area contributed by atoms with E-state index in [1.54, 1.807) is 6.26 Å². The van der Waals surface area contributed by atoms with Crippen molar-refractivity contribution in [1.82, 2.24) is 14.1 Å². The lowest BCUT2D eigenvalue weighted by molar-refractivity contribution is 0.102. The molecule has 0 radical (unpaired) electrons. The van der Waals surface area contributed by atoms with E-state index < -0.39 is 0 Å². The molecule has 6 heteroatoms. The molecule has 0 aliphatic carbocycles. The van der Waals surface area contributed by atoms with Crippen LogP contribution in [-0.2, 0) is 19.5 Å². The maximum atomic E-state index is 13.2. The van der Waals surface area contributed by atoms with Crippen molar-refractivity contribution >= 4 is 28.6 Å². The fraction of sp³-hybridized carbons (Fsp3) is 0.214. The maximum absolute atomic E-state index is 13.2. The molecule has 0 bridgehead atoms. The molecule has 172 valence electrons. The molecule has 0 fully saturated rings. The number of benzene rings is 2. The minimum Gasteiger partial charge on any atom is -0.467 e. The zero-order valence-corrected chi connectivity index (χ0v) is 20.2. The summed E-state index contributed by atoms with van der Waals surface area (Å²) in [7, 11) is 0. The molecule has 0 aliphatic rings. The van der Waals surface area contributed by atoms with Crippen molar-refractivity contribution in [3.8, 4) is 0 Å². The third-order valence-corrected chi connectivity index (χ3v) is 7.16. The van der Waals surface area contributed by atoms with Gasteiger partial charge in [-0.2, -0.15) is 0 Å². The molecule has 5 nitrogen and oxygen atoms in total. The van der Waals surface area contributed by atoms with Gasteiger partial charge in [0.25, 0.3) is 0 Å². The van der Waals surface area contributed by atoms with Gasteiger partial charge in [0, 0.05) is 23.5 Å². The number of carbonyl (C=O) groups excluding carboxylic acids is 1. The van der Waals surface area contributed by atoms with Crippen molar-refractivity contribution in [1.29, 1.82) is 0 Å². The molecule has 0 saturated heterocycles. The van der Waals surface area contributed by atoms with E-state index in [2.05, 4.69) is 39.5 Å². The van der Waals surface area contributed by atoms with Gasteiger partial charge in [0.1, 0.15) is 5.76 Å². The van der Waals surface area contributed by atoms with Crippen molar-refractivity contribution in [2.45, 2.75) is 38.5 Å². The Hall–Kier alpha value is -3.51. The van der Waals surface area contributed by atoms with Crippen molar-refractivity contribution in [2.75, 3.05) is 5.75 Å². The second-order valence-corrected chi connectivity index (χ2v) is 9.37. The first-order valence-corrected chi connectivity index (χ1v) is 12.4. The van der Waals surface area contributed by atoms with Crippen LogP contribution in [0.15, 0.2) is 88.6 Å². The summed E-state index contributed by atoms with van der Waals surface area (Å²) in [6, 6.07) is 24.5. The van der Waals surface area contributed by atoms with E-state index in [9.17, 15) is 4.79 Å². The Balaban J connectivity index is 1.34. The average Bonchev–Trinajstić information content (AvgIpc) is 3.57. The number of aromatic nitrogens is 3. The number of aryl methyl sites for hydroxylation is 3. The van der Waals surface area contributed by atoms with Crippen LogP contribution in [0, 0.1) is 13.8 Å². The molecule has 0 amide bonds. The van der Waals surface area contributed by atoms with E-state index in [1.807, 2.05) is 56.3 Å². The van der Waals surface area contributed by atoms with Gasteiger partial charge in [-0.15, -0.1) is 0 Å². The first-order chi connectivity index (χ1) is 16.6. The molecule has 3 aromatic heterocycles. The first-order valence-electron chi connectivity index (χ1n) is 11.4. The molecule has 3 heterocycles. The summed E-state index contributed by atoms with van der Waals surface area (Å²) >= 11 is 1.51. The van der Waals surface area contributed by atoms with E-state index >= 15 is 0 Å². The predicted octanol–water partition coefficient (Wildman–Crippen LogP) is 6.31. The van der Waals surface area contributed by atoms with E-state index in [1.165, 1.54) is 17.3 Å². The van der Waals surface area contributed by atoms with Gasteiger partial charge >= 0.3 is 0 Å². The molecule has 0 saturated carbocycles. The van der Waals surface area contributed by atoms with Crippen molar-refractivity contribution in [2.24, 2.45) is 0 Å². The largest absolute Gasteiger partial charge is 0.467 e. The number of rotatable bonds is 9. The van der Waals surface area contributed by atoms with Gasteiger partial charge in [-0.05, 0) is 56.2 Å². The fourth-order valence-corrected chi connectivity index (χ4v) is 5.28. The fourth-order valence-electron chi connectivity index (χ4n) is 4.36. The topological polar surface area (TPSA) is 53.0 Å². The Kier molecular flexibility index (Phi) is 6.41. The molecular formula is C28H27N3O2S. The van der Waals surface area contributed by atoms with E-state index in [0.717, 1.165) is 51.9 Å². The molecular weight excluding hydrogens is 442 g/mol. The van der Waals surface area contributed by atoms with Crippen LogP contribution in [0.1, 0.15) is 33.1 Å². The van der Waals surface area contributed by atoms with Crippen LogP contribution in [0.2, 0.25) is 0 Å². The van der Waals surface area contributed by atoms with Crippen molar-refractivity contribution in [3.05, 3.63) is 107 Å². The molecule has 5 aromatic rings. The van der Waals surface area contributed by atoms with Crippen LogP contribution in [-0.4, -0.2) is 25.7 Å². The number of furan rings is 1. The van der Waals surface area contributed by atoms with Crippen LogP contribution in [0.3, 0.4) is 0 Å². The lowest BCUT2D eigenvalue weighted by Crippen LogP contribution is -2.08. The smallest absolute Gasteiger partial charge is 0.175 e. The zero-order valence-electron chi connectivity index (χ0n) is 19.4. The van der Waals surface area contributed by atoms with Gasteiger partial charge in [0.05, 0.1) is 29.6 Å². The Morgan fingerprint density at radius 3 is 2.56 bits per heavy atom. The summed E-state index contributed by atoms with van der Waals surface area (Å²) in [6.45, 7) is 5.48. The Labute approximate surface area is 203 Å². The Morgan fingerprint density at radius 2 is 1.76 bits per heavy atom. The van der Waals surface area contributed by atoms with E-state index in [-0.39, 0.29) is 5.78 Å². The lowest BCUT2D eigenvalue weighted by atomic mass is 10.1. The third-order valence-electron chi connectivity index (χ3n) is 6.19. The number of hydrogen-bond acceptors (Lipinski definition) is 4. The second kappa shape index (κ2) is 9.77. The van der Waals surface area contributed by atoms with Crippen LogP contribution < -0.4 is 0 Å². The first kappa shape index (κ1) is 22.3. The molecule has 0 spiro atoms. The van der Waals surface area contributed by atoms with Crippen LogP contribution in [0.4, 0.5) is 0 Å². The summed E-state index contributed by atoms with van der Waals surface area (Å²) in [6.07, 6.45) is 2.59. The van der Waals surface area contributed by atoms with Crippen LogP contribution in [0.25, 0.3) is 11.0 Å². The summed E-state index contributed by atoms with van der Waals surface area (Å²) in [4.78, 5) is 18.1. The molecule has 0 N–H and O–H groups in total. The molecule has 0 atom stereocenters. The summed E-state index contributed by atoms with van der Waals surface area (Å²) in [5.41, 5.74) is 6.14. The number of carbonyl (C=O) groups is 1. The molecule has 5 rings (SSSR count). The average molecular weight is 470 g/mol. The van der Waals surface area contributed by atoms with Crippen molar-refractivity contribution in [3.63, 3.8) is 0 Å². The van der Waals surface area contributed by atoms with Gasteiger partial charge in [0.2, 0.25) is 0 Å². The zero-order chi connectivity index (χ0) is 23.5. The standard InChI is InChI=1S/C28H27N3O2S/c1-20-17-24(21(2)31(20)18-23-11-8-16-33-23)27(32)19-34-28-29-25-12-6-7-13-26(25)30(28)15-14-22-9-4-3-5-10-22/h3-13,16-17H,14-15,18-19H2,1-2H3. The molecule has 2 aromatic carbocycles. The van der Waals surface area contributed by atoms with Gasteiger partial charge < -0.3 is 13.6 Å². The number of fused-ring (bicyclic) bond motifs is 1. The number of ketones is 1. The molecule has 34 heavy (non-hydrogen) atoms. The highest BCUT2D eigenvalue weighted by atomic mass is 32.2. The summed E-state index contributed by atoms with van der Waals surface area (Å²) in [5, 5.41) is 0.884. The van der Waals surface area contributed by atoms with Gasteiger partial charge in [-0.25, -0.2) is 4.98 Å². The lowest BCUT2D eigenvalue weighted by Gasteiger charge is -2.09. The number of nitrogens with zero attached hydrogens (tertiary/aromatic N) is 3. The highest BCUT2D eigenvalue weighted by Gasteiger charge is 2.19. The van der Waals surface area contributed by atoms with Crippen molar-refractivity contribution < 1.29 is 9.21 Å². The monoisotopic (exact) mass is 469 g/mol.